The van der Waals surface area contributed by atoms with Crippen molar-refractivity contribution in [2.45, 2.75) is 13.5 Å². The van der Waals surface area contributed by atoms with Gasteiger partial charge < -0.3 is 4.90 Å². The van der Waals surface area contributed by atoms with Crippen LogP contribution in [0.1, 0.15) is 12.5 Å². The third-order valence-corrected chi connectivity index (χ3v) is 3.88. The molecule has 0 aliphatic carbocycles. The molecule has 2 nitrogen and oxygen atoms in total. The van der Waals surface area contributed by atoms with Gasteiger partial charge in [-0.1, -0.05) is 19.1 Å². The van der Waals surface area contributed by atoms with E-state index in [-0.39, 0.29) is 0 Å². The van der Waals surface area contributed by atoms with Crippen molar-refractivity contribution in [1.29, 1.82) is 0 Å². The van der Waals surface area contributed by atoms with E-state index in [1.165, 1.54) is 41.9 Å². The Morgan fingerprint density at radius 3 is 2.44 bits per heavy atom. The van der Waals surface area contributed by atoms with Gasteiger partial charge in [0.15, 0.2) is 0 Å². The zero-order valence-electron chi connectivity index (χ0n) is 9.82. The first kappa shape index (κ1) is 12.3. The summed E-state index contributed by atoms with van der Waals surface area (Å²) in [5, 5.41) is 0. The number of likely N-dealkylation sites (N-methyl/N-ethyl adjacent to an activating group) is 1. The largest absolute Gasteiger partial charge is 0.301 e. The van der Waals surface area contributed by atoms with Crippen LogP contribution in [0.3, 0.4) is 0 Å². The monoisotopic (exact) mass is 330 g/mol. The number of hydrogen-bond donors (Lipinski definition) is 0. The van der Waals surface area contributed by atoms with E-state index in [4.69, 9.17) is 0 Å². The molecule has 0 spiro atoms. The molecule has 1 aliphatic heterocycles. The lowest BCUT2D eigenvalue weighted by atomic mass is 10.2. The first-order valence-corrected chi connectivity index (χ1v) is 7.05. The van der Waals surface area contributed by atoms with Crippen LogP contribution in [0, 0.1) is 3.57 Å². The van der Waals surface area contributed by atoms with Crippen LogP contribution < -0.4 is 0 Å². The Hall–Kier alpha value is -0.130. The van der Waals surface area contributed by atoms with Crippen LogP contribution in [0.2, 0.25) is 0 Å². The van der Waals surface area contributed by atoms with Crippen molar-refractivity contribution >= 4 is 22.6 Å². The highest BCUT2D eigenvalue weighted by atomic mass is 127. The Morgan fingerprint density at radius 1 is 1.12 bits per heavy atom. The van der Waals surface area contributed by atoms with Crippen LogP contribution in [0.25, 0.3) is 0 Å². The van der Waals surface area contributed by atoms with Crippen LogP contribution >= 0.6 is 22.6 Å². The maximum absolute atomic E-state index is 2.55. The molecule has 0 amide bonds. The fourth-order valence-electron chi connectivity index (χ4n) is 2.16. The molecular weight excluding hydrogens is 311 g/mol. The van der Waals surface area contributed by atoms with Crippen LogP contribution in [-0.4, -0.2) is 42.5 Å². The highest BCUT2D eigenvalue weighted by Crippen LogP contribution is 2.11. The van der Waals surface area contributed by atoms with Gasteiger partial charge in [0.05, 0.1) is 0 Å². The third kappa shape index (κ3) is 3.43. The molecule has 1 aliphatic rings. The number of piperazine rings is 1. The van der Waals surface area contributed by atoms with Crippen molar-refractivity contribution in [1.82, 2.24) is 9.80 Å². The van der Waals surface area contributed by atoms with Gasteiger partial charge in [-0.25, -0.2) is 0 Å². The number of nitrogens with zero attached hydrogens (tertiary/aromatic N) is 2. The van der Waals surface area contributed by atoms with Crippen LogP contribution in [0.4, 0.5) is 0 Å². The molecule has 0 aromatic heterocycles. The average Bonchev–Trinajstić information content (AvgIpc) is 2.30. The van der Waals surface area contributed by atoms with E-state index in [0.717, 1.165) is 6.54 Å². The van der Waals surface area contributed by atoms with Crippen LogP contribution in [0.5, 0.6) is 0 Å². The van der Waals surface area contributed by atoms with Gasteiger partial charge in [-0.2, -0.15) is 0 Å². The molecule has 1 aromatic carbocycles. The second-order valence-corrected chi connectivity index (χ2v) is 5.59. The first-order valence-electron chi connectivity index (χ1n) is 5.97. The lowest BCUT2D eigenvalue weighted by Crippen LogP contribution is -2.45. The van der Waals surface area contributed by atoms with E-state index in [1.807, 2.05) is 0 Å². The summed E-state index contributed by atoms with van der Waals surface area (Å²) in [7, 11) is 0. The van der Waals surface area contributed by atoms with Crippen molar-refractivity contribution in [2.75, 3.05) is 32.7 Å². The van der Waals surface area contributed by atoms with Crippen LogP contribution in [0.15, 0.2) is 24.3 Å². The number of benzene rings is 1. The number of hydrogen-bond acceptors (Lipinski definition) is 2. The molecule has 1 heterocycles. The predicted molar refractivity (Wildman–Crippen MR) is 76.6 cm³/mol. The summed E-state index contributed by atoms with van der Waals surface area (Å²) in [6, 6.07) is 8.82. The molecule has 0 saturated carbocycles. The molecule has 16 heavy (non-hydrogen) atoms. The zero-order valence-corrected chi connectivity index (χ0v) is 12.0. The van der Waals surface area contributed by atoms with E-state index in [2.05, 4.69) is 63.6 Å². The van der Waals surface area contributed by atoms with Crippen molar-refractivity contribution in [3.8, 4) is 0 Å². The zero-order chi connectivity index (χ0) is 11.4. The van der Waals surface area contributed by atoms with Crippen molar-refractivity contribution in [3.63, 3.8) is 0 Å². The summed E-state index contributed by atoms with van der Waals surface area (Å²) in [6.45, 7) is 9.40. The Balaban J connectivity index is 1.87. The summed E-state index contributed by atoms with van der Waals surface area (Å²) >= 11 is 2.38. The highest BCUT2D eigenvalue weighted by Gasteiger charge is 2.15. The molecule has 1 aromatic rings. The quantitative estimate of drug-likeness (QED) is 0.786. The van der Waals surface area contributed by atoms with Gasteiger partial charge in [-0.05, 0) is 46.8 Å². The number of rotatable bonds is 3. The lowest BCUT2D eigenvalue weighted by molar-refractivity contribution is 0.132. The molecule has 0 unspecified atom stereocenters. The molecule has 0 radical (unpaired) electrons. The Morgan fingerprint density at radius 2 is 1.81 bits per heavy atom. The Kier molecular flexibility index (Phi) is 4.61. The maximum Gasteiger partial charge on any atom is 0.0235 e. The second kappa shape index (κ2) is 5.98. The summed E-state index contributed by atoms with van der Waals surface area (Å²) in [4.78, 5) is 5.07. The maximum atomic E-state index is 2.55. The normalized spacial score (nSPS) is 18.9. The topological polar surface area (TPSA) is 6.48 Å². The van der Waals surface area contributed by atoms with Gasteiger partial charge in [-0.3, -0.25) is 4.90 Å². The minimum atomic E-state index is 1.11. The molecule has 0 bridgehead atoms. The van der Waals surface area contributed by atoms with Crippen molar-refractivity contribution < 1.29 is 0 Å². The van der Waals surface area contributed by atoms with Gasteiger partial charge in [0, 0.05) is 36.3 Å². The fourth-order valence-corrected chi connectivity index (χ4v) is 2.76. The fraction of sp³-hybridized carbons (Fsp3) is 0.538. The summed E-state index contributed by atoms with van der Waals surface area (Å²) < 4.78 is 1.34. The summed E-state index contributed by atoms with van der Waals surface area (Å²) in [6.07, 6.45) is 0. The van der Waals surface area contributed by atoms with Crippen molar-refractivity contribution in [2.24, 2.45) is 0 Å². The Bertz CT molecular complexity index is 332. The second-order valence-electron chi connectivity index (χ2n) is 4.34. The van der Waals surface area contributed by atoms with Crippen molar-refractivity contribution in [3.05, 3.63) is 33.4 Å². The van der Waals surface area contributed by atoms with Gasteiger partial charge in [0.2, 0.25) is 0 Å². The molecule has 2 rings (SSSR count). The molecule has 88 valence electrons. The van der Waals surface area contributed by atoms with Gasteiger partial charge in [0.1, 0.15) is 0 Å². The summed E-state index contributed by atoms with van der Waals surface area (Å²) in [5.74, 6) is 0. The van der Waals surface area contributed by atoms with E-state index < -0.39 is 0 Å². The summed E-state index contributed by atoms with van der Waals surface area (Å²) in [5.41, 5.74) is 1.44. The molecule has 0 atom stereocenters. The third-order valence-electron chi connectivity index (χ3n) is 3.21. The van der Waals surface area contributed by atoms with Crippen LogP contribution in [-0.2, 0) is 6.54 Å². The molecular formula is C13H19IN2. The molecule has 1 fully saturated rings. The average molecular weight is 330 g/mol. The van der Waals surface area contributed by atoms with E-state index in [9.17, 15) is 0 Å². The van der Waals surface area contributed by atoms with E-state index in [1.54, 1.807) is 0 Å². The van der Waals surface area contributed by atoms with E-state index >= 15 is 0 Å². The predicted octanol–water partition coefficient (Wildman–Crippen LogP) is 2.43. The van der Waals surface area contributed by atoms with E-state index in [0.29, 0.717) is 0 Å². The Labute approximate surface area is 112 Å². The number of halogens is 1. The van der Waals surface area contributed by atoms with Gasteiger partial charge >= 0.3 is 0 Å². The first-order chi connectivity index (χ1) is 7.78. The minimum Gasteiger partial charge on any atom is -0.301 e. The molecule has 1 saturated heterocycles. The van der Waals surface area contributed by atoms with Gasteiger partial charge in [0.25, 0.3) is 0 Å². The minimum absolute atomic E-state index is 1.11. The smallest absolute Gasteiger partial charge is 0.0235 e. The molecule has 0 N–H and O–H groups in total. The molecule has 3 heteroatoms. The highest BCUT2D eigenvalue weighted by molar-refractivity contribution is 14.1. The SMILES string of the molecule is CCN1CCN(Cc2cccc(I)c2)CC1. The van der Waals surface area contributed by atoms with Gasteiger partial charge in [-0.15, -0.1) is 0 Å². The lowest BCUT2D eigenvalue weighted by Gasteiger charge is -2.34. The standard InChI is InChI=1S/C13H19IN2/c1-2-15-6-8-16(9-7-15)11-12-4-3-5-13(14)10-12/h3-5,10H,2,6-9,11H2,1H3.